The van der Waals surface area contributed by atoms with Crippen molar-refractivity contribution in [3.63, 3.8) is 0 Å². The van der Waals surface area contributed by atoms with Crippen molar-refractivity contribution in [1.82, 2.24) is 0 Å². The number of methoxy groups -OCH3 is 2. The lowest BCUT2D eigenvalue weighted by Gasteiger charge is -2.15. The summed E-state index contributed by atoms with van der Waals surface area (Å²) in [6.45, 7) is 1.69. The fourth-order valence-corrected chi connectivity index (χ4v) is 5.39. The first-order valence-corrected chi connectivity index (χ1v) is 13.7. The molecule has 0 saturated heterocycles. The Hall–Kier alpha value is -3.38. The Bertz CT molecular complexity index is 1480. The van der Waals surface area contributed by atoms with Crippen LogP contribution < -0.4 is 24.2 Å². The number of carbonyl (C=O) groups is 2. The van der Waals surface area contributed by atoms with Crippen molar-refractivity contribution in [2.45, 2.75) is 11.8 Å². The third-order valence-electron chi connectivity index (χ3n) is 5.03. The molecule has 0 aliphatic carbocycles. The van der Waals surface area contributed by atoms with E-state index in [0.29, 0.717) is 18.0 Å². The van der Waals surface area contributed by atoms with Gasteiger partial charge in [0.1, 0.15) is 22.1 Å². The fraction of sp³-hybridized carbons (Fsp3) is 0.200. The molecule has 0 spiro atoms. The molecule has 3 rings (SSSR count). The summed E-state index contributed by atoms with van der Waals surface area (Å²) in [6.07, 6.45) is 0. The summed E-state index contributed by atoms with van der Waals surface area (Å²) in [5, 5.41) is 2.23. The smallest absolute Gasteiger partial charge is 0.340 e. The third kappa shape index (κ3) is 7.60. The molecule has 0 unspecified atom stereocenters. The number of benzene rings is 3. The molecule has 14 heteroatoms. The summed E-state index contributed by atoms with van der Waals surface area (Å²) >= 11 is 18.4. The van der Waals surface area contributed by atoms with Gasteiger partial charge in [0.05, 0.1) is 47.1 Å². The van der Waals surface area contributed by atoms with Crippen LogP contribution in [0.4, 0.5) is 11.4 Å². The molecule has 2 N–H and O–H groups in total. The average molecular weight is 618 g/mol. The summed E-state index contributed by atoms with van der Waals surface area (Å²) in [5.74, 6) is -0.663. The summed E-state index contributed by atoms with van der Waals surface area (Å²) in [4.78, 5) is 24.5. The topological polar surface area (TPSA) is 129 Å². The second-order valence-corrected chi connectivity index (χ2v) is 10.5. The minimum atomic E-state index is -4.38. The highest BCUT2D eigenvalue weighted by Crippen LogP contribution is 2.38. The minimum Gasteiger partial charge on any atom is -0.495 e. The molecule has 208 valence electrons. The number of ether oxygens (including phenoxy) is 4. The van der Waals surface area contributed by atoms with Gasteiger partial charge in [-0.15, -0.1) is 0 Å². The zero-order valence-corrected chi connectivity index (χ0v) is 23.9. The molecule has 0 aromatic heterocycles. The van der Waals surface area contributed by atoms with Crippen LogP contribution >= 0.6 is 34.8 Å². The number of rotatable bonds is 11. The number of esters is 1. The van der Waals surface area contributed by atoms with Gasteiger partial charge in [-0.25, -0.2) is 13.2 Å². The van der Waals surface area contributed by atoms with Gasteiger partial charge in [-0.1, -0.05) is 34.8 Å². The Balaban J connectivity index is 1.76. The van der Waals surface area contributed by atoms with Gasteiger partial charge in [-0.2, -0.15) is 0 Å². The van der Waals surface area contributed by atoms with E-state index in [1.54, 1.807) is 24.3 Å². The van der Waals surface area contributed by atoms with Crippen LogP contribution in [-0.2, 0) is 19.6 Å². The number of hydrogen-bond acceptors (Lipinski definition) is 8. The van der Waals surface area contributed by atoms with Crippen LogP contribution in [0.15, 0.2) is 53.4 Å². The first kappa shape index (κ1) is 30.2. The van der Waals surface area contributed by atoms with Gasteiger partial charge < -0.3 is 24.3 Å². The third-order valence-corrected chi connectivity index (χ3v) is 7.47. The zero-order chi connectivity index (χ0) is 28.7. The first-order valence-electron chi connectivity index (χ1n) is 11.1. The Morgan fingerprint density at radius 2 is 1.54 bits per heavy atom. The summed E-state index contributed by atoms with van der Waals surface area (Å²) in [7, 11) is -1.66. The van der Waals surface area contributed by atoms with Crippen LogP contribution in [0.3, 0.4) is 0 Å². The van der Waals surface area contributed by atoms with Crippen LogP contribution in [0.1, 0.15) is 17.3 Å². The van der Waals surface area contributed by atoms with E-state index in [2.05, 4.69) is 10.0 Å². The summed E-state index contributed by atoms with van der Waals surface area (Å²) in [5.41, 5.74) is 0.122. The second kappa shape index (κ2) is 13.1. The van der Waals surface area contributed by atoms with E-state index in [0.717, 1.165) is 12.1 Å². The normalized spacial score (nSPS) is 10.9. The molecule has 0 bridgehead atoms. The number of halogens is 3. The molecule has 1 amide bonds. The van der Waals surface area contributed by atoms with Crippen LogP contribution in [-0.4, -0.2) is 47.7 Å². The van der Waals surface area contributed by atoms with E-state index in [4.69, 9.17) is 53.8 Å². The summed E-state index contributed by atoms with van der Waals surface area (Å²) in [6, 6.07) is 11.3. The molecule has 0 fully saturated rings. The molecule has 3 aromatic rings. The first-order chi connectivity index (χ1) is 18.5. The molecule has 0 heterocycles. The highest BCUT2D eigenvalue weighted by atomic mass is 35.5. The van der Waals surface area contributed by atoms with Gasteiger partial charge in [0.2, 0.25) is 0 Å². The minimum absolute atomic E-state index is 0.00981. The van der Waals surface area contributed by atoms with Crippen molar-refractivity contribution in [3.05, 3.63) is 69.2 Å². The molecule has 0 aliphatic rings. The molecule has 0 saturated carbocycles. The Kier molecular flexibility index (Phi) is 10.1. The zero-order valence-electron chi connectivity index (χ0n) is 20.8. The van der Waals surface area contributed by atoms with E-state index in [-0.39, 0.29) is 37.8 Å². The van der Waals surface area contributed by atoms with Crippen LogP contribution in [0.25, 0.3) is 0 Å². The number of nitrogens with one attached hydrogen (secondary N) is 2. The predicted molar refractivity (Wildman–Crippen MR) is 148 cm³/mol. The predicted octanol–water partition coefficient (Wildman–Crippen LogP) is 5.66. The van der Waals surface area contributed by atoms with Crippen LogP contribution in [0.5, 0.6) is 17.2 Å². The number of carbonyl (C=O) groups excluding carboxylic acids is 2. The SMILES string of the molecule is CCOc1ccc(NC(=O)COC(=O)c2cc(S(=O)(=O)Nc3cc(Cl)c(OC)cc3OC)c(Cl)cc2Cl)cc1. The lowest BCUT2D eigenvalue weighted by molar-refractivity contribution is -0.119. The monoisotopic (exact) mass is 616 g/mol. The molecule has 0 radical (unpaired) electrons. The van der Waals surface area contributed by atoms with Crippen molar-refractivity contribution >= 4 is 68.1 Å². The molecular weight excluding hydrogens is 595 g/mol. The maximum absolute atomic E-state index is 13.2. The van der Waals surface area contributed by atoms with Gasteiger partial charge in [0.25, 0.3) is 15.9 Å². The Morgan fingerprint density at radius 1 is 0.872 bits per heavy atom. The maximum Gasteiger partial charge on any atom is 0.340 e. The highest BCUT2D eigenvalue weighted by molar-refractivity contribution is 7.92. The number of amides is 1. The van der Waals surface area contributed by atoms with Gasteiger partial charge >= 0.3 is 5.97 Å². The average Bonchev–Trinajstić information content (AvgIpc) is 2.88. The van der Waals surface area contributed by atoms with E-state index in [9.17, 15) is 18.0 Å². The van der Waals surface area contributed by atoms with Gasteiger partial charge in [0.15, 0.2) is 6.61 Å². The molecule has 0 aliphatic heterocycles. The van der Waals surface area contributed by atoms with E-state index in [1.807, 2.05) is 6.92 Å². The van der Waals surface area contributed by atoms with E-state index >= 15 is 0 Å². The van der Waals surface area contributed by atoms with Crippen molar-refractivity contribution in [3.8, 4) is 17.2 Å². The van der Waals surface area contributed by atoms with Gasteiger partial charge in [0, 0.05) is 11.8 Å². The lowest BCUT2D eigenvalue weighted by atomic mass is 10.2. The lowest BCUT2D eigenvalue weighted by Crippen LogP contribution is -2.21. The molecule has 3 aromatic carbocycles. The highest BCUT2D eigenvalue weighted by Gasteiger charge is 2.25. The molecule has 0 atom stereocenters. The second-order valence-electron chi connectivity index (χ2n) is 7.64. The maximum atomic E-state index is 13.2. The van der Waals surface area contributed by atoms with Crippen molar-refractivity contribution < 1.29 is 37.0 Å². The van der Waals surface area contributed by atoms with Gasteiger partial charge in [-0.05, 0) is 49.4 Å². The van der Waals surface area contributed by atoms with Crippen molar-refractivity contribution in [2.75, 3.05) is 37.5 Å². The largest absolute Gasteiger partial charge is 0.495 e. The van der Waals surface area contributed by atoms with Gasteiger partial charge in [-0.3, -0.25) is 9.52 Å². The van der Waals surface area contributed by atoms with Crippen molar-refractivity contribution in [2.24, 2.45) is 0 Å². The Morgan fingerprint density at radius 3 is 2.15 bits per heavy atom. The van der Waals surface area contributed by atoms with Crippen molar-refractivity contribution in [1.29, 1.82) is 0 Å². The fourth-order valence-electron chi connectivity index (χ4n) is 3.24. The van der Waals surface area contributed by atoms with E-state index < -0.39 is 33.4 Å². The molecule has 39 heavy (non-hydrogen) atoms. The molecule has 10 nitrogen and oxygen atoms in total. The quantitative estimate of drug-likeness (QED) is 0.264. The Labute approximate surface area is 240 Å². The standard InChI is InChI=1S/C25H23Cl3N2O8S/c1-4-37-15-7-5-14(6-8-15)29-24(31)13-38-25(32)16-9-23(19(28)10-17(16)26)39(33,34)30-20-11-18(27)21(35-2)12-22(20)36-3/h5-12,30H,4,13H2,1-3H3,(H,29,31). The van der Waals surface area contributed by atoms with E-state index in [1.165, 1.54) is 26.4 Å². The summed E-state index contributed by atoms with van der Waals surface area (Å²) < 4.78 is 49.4. The van der Waals surface area contributed by atoms with Crippen LogP contribution in [0.2, 0.25) is 15.1 Å². The molecular formula is C25H23Cl3N2O8S. The number of anilines is 2. The van der Waals surface area contributed by atoms with Crippen LogP contribution in [0, 0.1) is 0 Å². The number of hydrogen-bond donors (Lipinski definition) is 2. The number of sulfonamides is 1.